The van der Waals surface area contributed by atoms with E-state index >= 15 is 0 Å². The number of anilines is 1. The lowest BCUT2D eigenvalue weighted by atomic mass is 9.92. The van der Waals surface area contributed by atoms with Crippen LogP contribution in [0.5, 0.6) is 0 Å². The van der Waals surface area contributed by atoms with Crippen molar-refractivity contribution in [1.29, 1.82) is 0 Å². The topological polar surface area (TPSA) is 41.1 Å². The van der Waals surface area contributed by atoms with Gasteiger partial charge in [0.2, 0.25) is 5.91 Å². The molecule has 1 amide bonds. The van der Waals surface area contributed by atoms with Gasteiger partial charge in [0.05, 0.1) is 6.42 Å². The largest absolute Gasteiger partial charge is 0.384 e. The predicted octanol–water partition coefficient (Wildman–Crippen LogP) is 1.87. The van der Waals surface area contributed by atoms with Crippen LogP contribution in [-0.2, 0) is 17.6 Å². The Morgan fingerprint density at radius 1 is 1.41 bits per heavy atom. The molecule has 0 atom stereocenters. The van der Waals surface area contributed by atoms with E-state index in [4.69, 9.17) is 0 Å². The summed E-state index contributed by atoms with van der Waals surface area (Å²) in [6.45, 7) is 0.997. The maximum atomic E-state index is 11.9. The summed E-state index contributed by atoms with van der Waals surface area (Å²) < 4.78 is 0. The highest BCUT2D eigenvalue weighted by Gasteiger charge is 2.21. The van der Waals surface area contributed by atoms with E-state index in [1.54, 1.807) is 0 Å². The third-order valence-corrected chi connectivity index (χ3v) is 3.78. The van der Waals surface area contributed by atoms with Gasteiger partial charge in [-0.2, -0.15) is 0 Å². The molecule has 1 aliphatic carbocycles. The van der Waals surface area contributed by atoms with Crippen molar-refractivity contribution in [3.63, 3.8) is 0 Å². The summed E-state index contributed by atoms with van der Waals surface area (Å²) in [4.78, 5) is 11.9. The van der Waals surface area contributed by atoms with Crippen molar-refractivity contribution in [2.24, 2.45) is 0 Å². The molecule has 0 saturated heterocycles. The number of rotatable bonds is 3. The predicted molar refractivity (Wildman–Crippen MR) is 68.1 cm³/mol. The quantitative estimate of drug-likeness (QED) is 0.832. The molecule has 1 aromatic rings. The van der Waals surface area contributed by atoms with Crippen LogP contribution in [0.25, 0.3) is 0 Å². The molecule has 0 unspecified atom stereocenters. The summed E-state index contributed by atoms with van der Waals surface area (Å²) in [7, 11) is 0. The molecule has 1 heterocycles. The van der Waals surface area contributed by atoms with Gasteiger partial charge >= 0.3 is 0 Å². The number of hydrogen-bond acceptors (Lipinski definition) is 2. The van der Waals surface area contributed by atoms with E-state index in [9.17, 15) is 4.79 Å². The van der Waals surface area contributed by atoms with Crippen LogP contribution in [0, 0.1) is 0 Å². The molecule has 2 N–H and O–H groups in total. The van der Waals surface area contributed by atoms with Crippen molar-refractivity contribution in [3.05, 3.63) is 29.3 Å². The lowest BCUT2D eigenvalue weighted by molar-refractivity contribution is -0.121. The first-order valence-corrected chi connectivity index (χ1v) is 6.47. The van der Waals surface area contributed by atoms with Gasteiger partial charge in [-0.3, -0.25) is 4.79 Å². The molecular weight excluding hydrogens is 212 g/mol. The summed E-state index contributed by atoms with van der Waals surface area (Å²) in [6.07, 6.45) is 5.14. The number of carbonyl (C=O) groups is 1. The van der Waals surface area contributed by atoms with E-state index < -0.39 is 0 Å². The Morgan fingerprint density at radius 2 is 2.29 bits per heavy atom. The minimum atomic E-state index is 0.176. The summed E-state index contributed by atoms with van der Waals surface area (Å²) >= 11 is 0. The van der Waals surface area contributed by atoms with Crippen molar-refractivity contribution < 1.29 is 4.79 Å². The van der Waals surface area contributed by atoms with Gasteiger partial charge in [0.25, 0.3) is 0 Å². The third-order valence-electron chi connectivity index (χ3n) is 3.78. The van der Waals surface area contributed by atoms with Gasteiger partial charge in [-0.05, 0) is 42.9 Å². The molecule has 0 radical (unpaired) electrons. The Morgan fingerprint density at radius 3 is 3.06 bits per heavy atom. The molecule has 2 aliphatic rings. The second kappa shape index (κ2) is 4.40. The Hall–Kier alpha value is -1.51. The smallest absolute Gasteiger partial charge is 0.224 e. The van der Waals surface area contributed by atoms with E-state index in [-0.39, 0.29) is 5.91 Å². The molecule has 3 nitrogen and oxygen atoms in total. The lowest BCUT2D eigenvalue weighted by Gasteiger charge is -2.26. The monoisotopic (exact) mass is 230 g/mol. The minimum Gasteiger partial charge on any atom is -0.384 e. The normalized spacial score (nSPS) is 18.1. The highest BCUT2D eigenvalue weighted by atomic mass is 16.1. The zero-order valence-corrected chi connectivity index (χ0v) is 9.96. The molecule has 3 heteroatoms. The van der Waals surface area contributed by atoms with Crippen molar-refractivity contribution in [2.45, 2.75) is 38.1 Å². The van der Waals surface area contributed by atoms with E-state index in [1.165, 1.54) is 23.2 Å². The molecule has 0 spiro atoms. The Bertz CT molecular complexity index is 438. The van der Waals surface area contributed by atoms with Gasteiger partial charge in [0.15, 0.2) is 0 Å². The van der Waals surface area contributed by atoms with Crippen LogP contribution in [0.15, 0.2) is 18.2 Å². The van der Waals surface area contributed by atoms with Crippen LogP contribution in [0.1, 0.15) is 30.4 Å². The van der Waals surface area contributed by atoms with Crippen LogP contribution in [0.3, 0.4) is 0 Å². The summed E-state index contributed by atoms with van der Waals surface area (Å²) in [5.74, 6) is 0.176. The molecular formula is C14H18N2O. The van der Waals surface area contributed by atoms with Crippen LogP contribution >= 0.6 is 0 Å². The van der Waals surface area contributed by atoms with Crippen molar-refractivity contribution in [2.75, 3.05) is 11.9 Å². The van der Waals surface area contributed by atoms with Crippen molar-refractivity contribution in [3.8, 4) is 0 Å². The highest BCUT2D eigenvalue weighted by molar-refractivity contribution is 5.80. The molecule has 1 saturated carbocycles. The van der Waals surface area contributed by atoms with Crippen LogP contribution in [0.4, 0.5) is 5.69 Å². The molecule has 17 heavy (non-hydrogen) atoms. The van der Waals surface area contributed by atoms with Gasteiger partial charge in [-0.1, -0.05) is 12.1 Å². The minimum absolute atomic E-state index is 0.176. The zero-order chi connectivity index (χ0) is 11.7. The van der Waals surface area contributed by atoms with Gasteiger partial charge < -0.3 is 10.6 Å². The van der Waals surface area contributed by atoms with E-state index in [1.807, 2.05) is 6.07 Å². The zero-order valence-electron chi connectivity index (χ0n) is 9.96. The number of benzene rings is 1. The first kappa shape index (κ1) is 10.6. The number of nitrogens with one attached hydrogen (secondary N) is 2. The number of hydrogen-bond donors (Lipinski definition) is 2. The lowest BCUT2D eigenvalue weighted by Crippen LogP contribution is -2.40. The average molecular weight is 230 g/mol. The maximum absolute atomic E-state index is 11.9. The standard InChI is InChI=1S/C14H18N2O/c17-14(16-11-4-2-5-11)9-10-3-1-6-13-12(10)7-8-15-13/h1,3,6,11,15H,2,4-5,7-9H2,(H,16,17). The van der Waals surface area contributed by atoms with Crippen molar-refractivity contribution >= 4 is 11.6 Å². The Balaban J connectivity index is 1.68. The van der Waals surface area contributed by atoms with Gasteiger partial charge in [-0.25, -0.2) is 0 Å². The fourth-order valence-corrected chi connectivity index (χ4v) is 2.59. The van der Waals surface area contributed by atoms with Gasteiger partial charge in [0, 0.05) is 18.3 Å². The second-order valence-corrected chi connectivity index (χ2v) is 4.99. The first-order chi connectivity index (χ1) is 8.33. The van der Waals surface area contributed by atoms with Crippen LogP contribution in [0.2, 0.25) is 0 Å². The Kier molecular flexibility index (Phi) is 2.75. The van der Waals surface area contributed by atoms with Crippen LogP contribution in [-0.4, -0.2) is 18.5 Å². The number of carbonyl (C=O) groups excluding carboxylic acids is 1. The second-order valence-electron chi connectivity index (χ2n) is 4.99. The molecule has 3 rings (SSSR count). The van der Waals surface area contributed by atoms with Crippen LogP contribution < -0.4 is 10.6 Å². The number of amides is 1. The Labute approximate surface area is 102 Å². The van der Waals surface area contributed by atoms with E-state index in [0.29, 0.717) is 12.5 Å². The maximum Gasteiger partial charge on any atom is 0.224 e. The fourth-order valence-electron chi connectivity index (χ4n) is 2.59. The van der Waals surface area contributed by atoms with Gasteiger partial charge in [0.1, 0.15) is 0 Å². The number of fused-ring (bicyclic) bond motifs is 1. The van der Waals surface area contributed by atoms with E-state index in [0.717, 1.165) is 25.8 Å². The van der Waals surface area contributed by atoms with Gasteiger partial charge in [-0.15, -0.1) is 0 Å². The first-order valence-electron chi connectivity index (χ1n) is 6.47. The molecule has 90 valence electrons. The van der Waals surface area contributed by atoms with E-state index in [2.05, 4.69) is 22.8 Å². The SMILES string of the molecule is O=C(Cc1cccc2c1CCN2)NC1CCC1. The molecule has 1 aromatic carbocycles. The summed E-state index contributed by atoms with van der Waals surface area (Å²) in [6, 6.07) is 6.64. The average Bonchev–Trinajstić information content (AvgIpc) is 2.73. The molecule has 1 fully saturated rings. The molecule has 0 bridgehead atoms. The highest BCUT2D eigenvalue weighted by Crippen LogP contribution is 2.26. The van der Waals surface area contributed by atoms with Crippen molar-refractivity contribution in [1.82, 2.24) is 5.32 Å². The summed E-state index contributed by atoms with van der Waals surface area (Å²) in [5, 5.41) is 6.44. The fraction of sp³-hybridized carbons (Fsp3) is 0.500. The summed E-state index contributed by atoms with van der Waals surface area (Å²) in [5.41, 5.74) is 3.72. The molecule has 1 aliphatic heterocycles. The third kappa shape index (κ3) is 2.14. The molecule has 0 aromatic heterocycles.